The van der Waals surface area contributed by atoms with E-state index in [4.69, 9.17) is 23.7 Å². The molecule has 0 saturated carbocycles. The number of nitrogens with one attached hydrogen (secondary N) is 2. The second-order valence-electron chi connectivity index (χ2n) is 6.05. The van der Waals surface area contributed by atoms with Gasteiger partial charge in [-0.15, -0.1) is 0 Å². The van der Waals surface area contributed by atoms with Gasteiger partial charge in [-0.2, -0.15) is 9.78 Å². The third-order valence-electron chi connectivity index (χ3n) is 4.56. The first-order chi connectivity index (χ1) is 13.0. The van der Waals surface area contributed by atoms with E-state index in [2.05, 4.69) is 15.6 Å². The summed E-state index contributed by atoms with van der Waals surface area (Å²) in [6.07, 6.45) is 0. The van der Waals surface area contributed by atoms with Crippen molar-refractivity contribution in [1.82, 2.24) is 25.0 Å². The molecular formula is C15H22N8O4S. The number of hydrogen-bond donors (Lipinski definition) is 4. The molecule has 1 atom stereocenters. The summed E-state index contributed by atoms with van der Waals surface area (Å²) in [4.78, 5) is 52.1. The minimum absolute atomic E-state index is 0.0484. The van der Waals surface area contributed by atoms with Crippen molar-refractivity contribution < 1.29 is 14.4 Å². The first-order valence-electron chi connectivity index (χ1n) is 8.41. The maximum atomic E-state index is 13.5. The molecule has 13 heteroatoms. The molecule has 1 fully saturated rings. The molecule has 0 spiro atoms. The number of primary amides is 2. The Kier molecular flexibility index (Phi) is 5.59. The predicted molar refractivity (Wildman–Crippen MR) is 105 cm³/mol. The second kappa shape index (κ2) is 7.42. The average molecular weight is 410 g/mol. The maximum Gasteiger partial charge on any atom is 0.341 e. The fourth-order valence-electron chi connectivity index (χ4n) is 3.46. The summed E-state index contributed by atoms with van der Waals surface area (Å²) in [6, 6.07) is -1.99. The van der Waals surface area contributed by atoms with Crippen LogP contribution in [0, 0.1) is 6.92 Å². The van der Waals surface area contributed by atoms with Gasteiger partial charge >= 0.3 is 12.1 Å². The highest BCUT2D eigenvalue weighted by Gasteiger charge is 2.60. The van der Waals surface area contributed by atoms with Crippen LogP contribution in [-0.4, -0.2) is 61.5 Å². The van der Waals surface area contributed by atoms with Crippen LogP contribution in [0.1, 0.15) is 32.0 Å². The van der Waals surface area contributed by atoms with Crippen LogP contribution >= 0.6 is 12.2 Å². The van der Waals surface area contributed by atoms with Gasteiger partial charge in [0.2, 0.25) is 0 Å². The van der Waals surface area contributed by atoms with Crippen molar-refractivity contribution >= 4 is 41.0 Å². The van der Waals surface area contributed by atoms with Gasteiger partial charge in [-0.05, 0) is 39.9 Å². The average Bonchev–Trinajstić information content (AvgIpc) is 3.03. The SMILES string of the molecule is CCN1C(=O)C(/C(C)=N/NC(N)=O)(c2c(C)[nH]n(C(N)=O)c2=O)N(CC)C1=S. The smallest absolute Gasteiger partial charge is 0.341 e. The van der Waals surface area contributed by atoms with Crippen molar-refractivity contribution in [3.63, 3.8) is 0 Å². The van der Waals surface area contributed by atoms with Crippen molar-refractivity contribution in [2.45, 2.75) is 33.2 Å². The topological polar surface area (TPSA) is 172 Å². The van der Waals surface area contributed by atoms with Crippen LogP contribution in [0.3, 0.4) is 0 Å². The lowest BCUT2D eigenvalue weighted by atomic mass is 9.84. The molecule has 1 aliphatic rings. The molecule has 12 nitrogen and oxygen atoms in total. The summed E-state index contributed by atoms with van der Waals surface area (Å²) >= 11 is 5.44. The number of likely N-dealkylation sites (N-methyl/N-ethyl adjacent to an activating group) is 2. The van der Waals surface area contributed by atoms with Crippen LogP contribution in [0.4, 0.5) is 9.59 Å². The molecule has 28 heavy (non-hydrogen) atoms. The number of aromatic nitrogens is 2. The number of carbonyl (C=O) groups is 3. The summed E-state index contributed by atoms with van der Waals surface area (Å²) < 4.78 is 0.597. The summed E-state index contributed by atoms with van der Waals surface area (Å²) in [5, 5.41) is 6.67. The first kappa shape index (κ1) is 21.1. The number of hydrazone groups is 1. The maximum absolute atomic E-state index is 13.5. The Morgan fingerprint density at radius 1 is 1.25 bits per heavy atom. The summed E-state index contributed by atoms with van der Waals surface area (Å²) in [6.45, 7) is 6.94. The number of rotatable bonds is 5. The Morgan fingerprint density at radius 2 is 1.86 bits per heavy atom. The highest BCUT2D eigenvalue weighted by Crippen LogP contribution is 2.38. The van der Waals surface area contributed by atoms with Gasteiger partial charge in [-0.25, -0.2) is 15.0 Å². The van der Waals surface area contributed by atoms with Gasteiger partial charge in [0, 0.05) is 18.8 Å². The van der Waals surface area contributed by atoms with Crippen LogP contribution in [-0.2, 0) is 10.3 Å². The highest BCUT2D eigenvalue weighted by molar-refractivity contribution is 7.80. The van der Waals surface area contributed by atoms with Crippen molar-refractivity contribution in [2.24, 2.45) is 16.6 Å². The van der Waals surface area contributed by atoms with Crippen LogP contribution in [0.25, 0.3) is 0 Å². The zero-order valence-electron chi connectivity index (χ0n) is 15.9. The van der Waals surface area contributed by atoms with Gasteiger partial charge in [0.25, 0.3) is 11.5 Å². The largest absolute Gasteiger partial charge is 0.350 e. The molecule has 4 amide bonds. The number of amides is 4. The van der Waals surface area contributed by atoms with Gasteiger partial charge in [0.1, 0.15) is 0 Å². The van der Waals surface area contributed by atoms with Crippen LogP contribution in [0.15, 0.2) is 9.90 Å². The number of nitrogens with zero attached hydrogens (tertiary/aromatic N) is 4. The fraction of sp³-hybridized carbons (Fsp3) is 0.467. The van der Waals surface area contributed by atoms with Crippen molar-refractivity contribution in [3.8, 4) is 0 Å². The zero-order chi connectivity index (χ0) is 21.4. The van der Waals surface area contributed by atoms with E-state index in [0.29, 0.717) is 4.68 Å². The molecule has 2 heterocycles. The van der Waals surface area contributed by atoms with Gasteiger partial charge in [-0.1, -0.05) is 0 Å². The second-order valence-corrected chi connectivity index (χ2v) is 6.42. The lowest BCUT2D eigenvalue weighted by Crippen LogP contribution is -2.55. The molecule has 6 N–H and O–H groups in total. The standard InChI is InChI=1S/C15H22N8O4S/c1-5-21-11(25)15(22(6-2)14(21)28,8(4)18-19-12(16)26)9-7(3)20-23(10(9)24)13(17)27/h20H,5-6H2,1-4H3,(H2,17,27)(H3,16,19,26)/b18-8+. The number of urea groups is 1. The number of nitrogens with two attached hydrogens (primary N) is 2. The van der Waals surface area contributed by atoms with Gasteiger partial charge < -0.3 is 16.4 Å². The molecule has 1 aliphatic heterocycles. The van der Waals surface area contributed by atoms with E-state index in [1.54, 1.807) is 13.8 Å². The molecule has 0 aliphatic carbocycles. The fourth-order valence-corrected chi connectivity index (χ4v) is 3.94. The number of H-pyrrole nitrogens is 1. The molecule has 0 bridgehead atoms. The molecule has 0 radical (unpaired) electrons. The van der Waals surface area contributed by atoms with E-state index in [1.165, 1.54) is 23.6 Å². The lowest BCUT2D eigenvalue weighted by molar-refractivity contribution is -0.130. The zero-order valence-corrected chi connectivity index (χ0v) is 16.7. The van der Waals surface area contributed by atoms with Gasteiger partial charge in [0.15, 0.2) is 10.7 Å². The predicted octanol–water partition coefficient (Wildman–Crippen LogP) is -0.880. The van der Waals surface area contributed by atoms with E-state index in [-0.39, 0.29) is 35.2 Å². The lowest BCUT2D eigenvalue weighted by Gasteiger charge is -2.34. The Balaban J connectivity index is 2.94. The van der Waals surface area contributed by atoms with Crippen molar-refractivity contribution in [1.29, 1.82) is 0 Å². The van der Waals surface area contributed by atoms with E-state index in [0.717, 1.165) is 0 Å². The minimum atomic E-state index is -1.78. The minimum Gasteiger partial charge on any atom is -0.350 e. The molecule has 1 unspecified atom stereocenters. The molecule has 1 aromatic rings. The molecule has 1 aromatic heterocycles. The number of hydrogen-bond acceptors (Lipinski definition) is 6. The van der Waals surface area contributed by atoms with E-state index < -0.39 is 29.1 Å². The number of thiocarbonyl (C=S) groups is 1. The Hall–Kier alpha value is -3.22. The van der Waals surface area contributed by atoms with Gasteiger partial charge in [-0.3, -0.25) is 19.6 Å². The molecular weight excluding hydrogens is 388 g/mol. The normalized spacial score (nSPS) is 20.1. The Labute approximate surface area is 165 Å². The Morgan fingerprint density at radius 3 is 2.29 bits per heavy atom. The van der Waals surface area contributed by atoms with Gasteiger partial charge in [0.05, 0.1) is 11.3 Å². The highest BCUT2D eigenvalue weighted by atomic mass is 32.1. The van der Waals surface area contributed by atoms with Crippen LogP contribution in [0.2, 0.25) is 0 Å². The number of aryl methyl sites for hydroxylation is 1. The molecule has 0 aromatic carbocycles. The number of aromatic amines is 1. The third kappa shape index (κ3) is 2.83. The molecule has 2 rings (SSSR count). The monoisotopic (exact) mass is 410 g/mol. The van der Waals surface area contributed by atoms with Crippen LogP contribution < -0.4 is 22.5 Å². The first-order valence-corrected chi connectivity index (χ1v) is 8.82. The molecule has 1 saturated heterocycles. The summed E-state index contributed by atoms with van der Waals surface area (Å²) in [5.41, 5.74) is 10.0. The quantitative estimate of drug-likeness (QED) is 0.279. The van der Waals surface area contributed by atoms with E-state index in [1.807, 2.05) is 0 Å². The van der Waals surface area contributed by atoms with Crippen molar-refractivity contribution in [2.75, 3.05) is 13.1 Å². The summed E-state index contributed by atoms with van der Waals surface area (Å²) in [5.74, 6) is -0.537. The van der Waals surface area contributed by atoms with E-state index >= 15 is 0 Å². The van der Waals surface area contributed by atoms with Crippen LogP contribution in [0.5, 0.6) is 0 Å². The van der Waals surface area contributed by atoms with E-state index in [9.17, 15) is 19.2 Å². The Bertz CT molecular complexity index is 948. The molecule has 152 valence electrons. The number of carbonyl (C=O) groups excluding carboxylic acids is 3. The third-order valence-corrected chi connectivity index (χ3v) is 5.01. The summed E-state index contributed by atoms with van der Waals surface area (Å²) in [7, 11) is 0. The van der Waals surface area contributed by atoms with Crippen molar-refractivity contribution in [3.05, 3.63) is 21.6 Å².